The van der Waals surface area contributed by atoms with Crippen molar-refractivity contribution in [2.45, 2.75) is 6.54 Å². The average molecular weight is 268 g/mol. The largest absolute Gasteiger partial charge is 0.333 e. The van der Waals surface area contributed by atoms with Crippen molar-refractivity contribution in [1.82, 2.24) is 25.0 Å². The molecular weight excluding hydrogens is 256 g/mol. The van der Waals surface area contributed by atoms with Gasteiger partial charge in [0.2, 0.25) is 0 Å². The van der Waals surface area contributed by atoms with E-state index in [1.807, 2.05) is 35.0 Å². The fourth-order valence-electron chi connectivity index (χ4n) is 1.84. The minimum absolute atomic E-state index is 0.255. The van der Waals surface area contributed by atoms with E-state index in [1.165, 1.54) is 6.20 Å². The van der Waals surface area contributed by atoms with Crippen LogP contribution < -0.4 is 5.32 Å². The lowest BCUT2D eigenvalue weighted by molar-refractivity contribution is 0.102. The van der Waals surface area contributed by atoms with Gasteiger partial charge in [-0.05, 0) is 17.7 Å². The molecule has 2 N–H and O–H groups in total. The monoisotopic (exact) mass is 268 g/mol. The first-order chi connectivity index (χ1) is 9.81. The molecule has 7 nitrogen and oxygen atoms in total. The summed E-state index contributed by atoms with van der Waals surface area (Å²) in [5.74, 6) is -0.293. The molecule has 7 heteroatoms. The number of imidazole rings is 1. The van der Waals surface area contributed by atoms with Gasteiger partial charge in [-0.3, -0.25) is 4.79 Å². The summed E-state index contributed by atoms with van der Waals surface area (Å²) in [4.78, 5) is 15.9. The van der Waals surface area contributed by atoms with Crippen LogP contribution in [0.25, 0.3) is 0 Å². The third-order valence-corrected chi connectivity index (χ3v) is 2.76. The van der Waals surface area contributed by atoms with Gasteiger partial charge in [0, 0.05) is 24.6 Å². The fraction of sp³-hybridized carbons (Fsp3) is 0.0769. The molecule has 20 heavy (non-hydrogen) atoms. The number of amides is 1. The van der Waals surface area contributed by atoms with E-state index in [2.05, 4.69) is 25.7 Å². The van der Waals surface area contributed by atoms with Crippen LogP contribution in [0, 0.1) is 0 Å². The van der Waals surface area contributed by atoms with Crippen LogP contribution in [0.3, 0.4) is 0 Å². The number of hydrogen-bond donors (Lipinski definition) is 2. The molecular formula is C13H12N6O. The summed E-state index contributed by atoms with van der Waals surface area (Å²) in [5.41, 5.74) is 2.04. The van der Waals surface area contributed by atoms with Gasteiger partial charge in [0.15, 0.2) is 5.69 Å². The van der Waals surface area contributed by atoms with Crippen molar-refractivity contribution in [3.05, 3.63) is 60.4 Å². The van der Waals surface area contributed by atoms with E-state index >= 15 is 0 Å². The van der Waals surface area contributed by atoms with Gasteiger partial charge < -0.3 is 9.88 Å². The van der Waals surface area contributed by atoms with E-state index in [0.717, 1.165) is 11.3 Å². The van der Waals surface area contributed by atoms with Crippen LogP contribution >= 0.6 is 0 Å². The molecule has 3 rings (SSSR count). The molecule has 0 unspecified atom stereocenters. The molecule has 0 bridgehead atoms. The fourth-order valence-corrected chi connectivity index (χ4v) is 1.84. The number of nitrogens with zero attached hydrogens (tertiary/aromatic N) is 4. The SMILES string of the molecule is O=C(Nc1cccc(Cn2ccnc2)c1)c1cn[nH]n1. The van der Waals surface area contributed by atoms with E-state index in [1.54, 1.807) is 12.5 Å². The van der Waals surface area contributed by atoms with E-state index in [-0.39, 0.29) is 11.6 Å². The van der Waals surface area contributed by atoms with E-state index in [9.17, 15) is 4.79 Å². The second-order valence-corrected chi connectivity index (χ2v) is 4.24. The highest BCUT2D eigenvalue weighted by atomic mass is 16.2. The summed E-state index contributed by atoms with van der Waals surface area (Å²) in [7, 11) is 0. The highest BCUT2D eigenvalue weighted by molar-refractivity contribution is 6.02. The lowest BCUT2D eigenvalue weighted by Crippen LogP contribution is -2.12. The molecule has 0 aliphatic rings. The number of H-pyrrole nitrogens is 1. The molecule has 2 aromatic heterocycles. The molecule has 0 saturated heterocycles. The molecule has 0 fully saturated rings. The van der Waals surface area contributed by atoms with E-state index < -0.39 is 0 Å². The number of rotatable bonds is 4. The maximum absolute atomic E-state index is 11.9. The van der Waals surface area contributed by atoms with Crippen LogP contribution in [-0.4, -0.2) is 30.9 Å². The second-order valence-electron chi connectivity index (χ2n) is 4.24. The van der Waals surface area contributed by atoms with Gasteiger partial charge in [-0.1, -0.05) is 12.1 Å². The van der Waals surface area contributed by atoms with Crippen molar-refractivity contribution in [2.24, 2.45) is 0 Å². The summed E-state index contributed by atoms with van der Waals surface area (Å²) >= 11 is 0. The molecule has 2 heterocycles. The Labute approximate surface area is 114 Å². The summed E-state index contributed by atoms with van der Waals surface area (Å²) in [6, 6.07) is 7.63. The molecule has 0 aliphatic heterocycles. The minimum Gasteiger partial charge on any atom is -0.333 e. The predicted octanol–water partition coefficient (Wildman–Crippen LogP) is 1.30. The van der Waals surface area contributed by atoms with Gasteiger partial charge in [0.25, 0.3) is 5.91 Å². The summed E-state index contributed by atoms with van der Waals surface area (Å²) < 4.78 is 1.96. The van der Waals surface area contributed by atoms with Crippen LogP contribution in [0.5, 0.6) is 0 Å². The number of aromatic nitrogens is 5. The Morgan fingerprint density at radius 3 is 3.10 bits per heavy atom. The summed E-state index contributed by atoms with van der Waals surface area (Å²) in [5, 5.41) is 12.5. The topological polar surface area (TPSA) is 88.5 Å². The maximum Gasteiger partial charge on any atom is 0.277 e. The van der Waals surface area contributed by atoms with Crippen LogP contribution in [0.1, 0.15) is 16.1 Å². The zero-order valence-corrected chi connectivity index (χ0v) is 10.5. The first-order valence-corrected chi connectivity index (χ1v) is 6.03. The van der Waals surface area contributed by atoms with Crippen LogP contribution in [-0.2, 0) is 6.54 Å². The standard InChI is InChI=1S/C13H12N6O/c20-13(12-7-15-18-17-12)16-11-3-1-2-10(6-11)8-19-5-4-14-9-19/h1-7,9H,8H2,(H,16,20)(H,15,17,18). The zero-order valence-electron chi connectivity index (χ0n) is 10.5. The number of hydrogen-bond acceptors (Lipinski definition) is 4. The molecule has 0 spiro atoms. The van der Waals surface area contributed by atoms with Gasteiger partial charge in [-0.25, -0.2) is 4.98 Å². The molecule has 3 aromatic rings. The van der Waals surface area contributed by atoms with Gasteiger partial charge in [-0.15, -0.1) is 0 Å². The normalized spacial score (nSPS) is 10.4. The van der Waals surface area contributed by atoms with Gasteiger partial charge in [0.1, 0.15) is 0 Å². The van der Waals surface area contributed by atoms with E-state index in [0.29, 0.717) is 6.54 Å². The van der Waals surface area contributed by atoms with Crippen LogP contribution in [0.2, 0.25) is 0 Å². The van der Waals surface area contributed by atoms with Gasteiger partial charge in [0.05, 0.1) is 12.5 Å². The molecule has 0 saturated carbocycles. The third-order valence-electron chi connectivity index (χ3n) is 2.76. The molecule has 0 radical (unpaired) electrons. The minimum atomic E-state index is -0.293. The number of carbonyl (C=O) groups excluding carboxylic acids is 1. The van der Waals surface area contributed by atoms with Crippen molar-refractivity contribution in [3.8, 4) is 0 Å². The van der Waals surface area contributed by atoms with Crippen molar-refractivity contribution in [3.63, 3.8) is 0 Å². The quantitative estimate of drug-likeness (QED) is 0.746. The molecule has 1 aromatic carbocycles. The Morgan fingerprint density at radius 1 is 1.40 bits per heavy atom. The lowest BCUT2D eigenvalue weighted by Gasteiger charge is -2.06. The summed E-state index contributed by atoms with van der Waals surface area (Å²) in [6.07, 6.45) is 6.75. The van der Waals surface area contributed by atoms with Crippen LogP contribution in [0.4, 0.5) is 5.69 Å². The Hall–Kier alpha value is -2.96. The zero-order chi connectivity index (χ0) is 13.8. The number of anilines is 1. The maximum atomic E-state index is 11.9. The predicted molar refractivity (Wildman–Crippen MR) is 72.1 cm³/mol. The molecule has 100 valence electrons. The number of nitrogens with one attached hydrogen (secondary N) is 2. The van der Waals surface area contributed by atoms with Crippen molar-refractivity contribution >= 4 is 11.6 Å². The second kappa shape index (κ2) is 5.35. The summed E-state index contributed by atoms with van der Waals surface area (Å²) in [6.45, 7) is 0.702. The number of carbonyl (C=O) groups is 1. The first-order valence-electron chi connectivity index (χ1n) is 6.03. The molecule has 0 aliphatic carbocycles. The Kier molecular flexibility index (Phi) is 3.24. The first kappa shape index (κ1) is 12.1. The highest BCUT2D eigenvalue weighted by Crippen LogP contribution is 2.12. The smallest absolute Gasteiger partial charge is 0.277 e. The van der Waals surface area contributed by atoms with Crippen molar-refractivity contribution in [1.29, 1.82) is 0 Å². The third kappa shape index (κ3) is 2.72. The lowest BCUT2D eigenvalue weighted by atomic mass is 10.2. The Balaban J connectivity index is 1.73. The molecule has 0 atom stereocenters. The Bertz CT molecular complexity index is 689. The van der Waals surface area contributed by atoms with Crippen molar-refractivity contribution in [2.75, 3.05) is 5.32 Å². The van der Waals surface area contributed by atoms with Crippen molar-refractivity contribution < 1.29 is 4.79 Å². The van der Waals surface area contributed by atoms with E-state index in [4.69, 9.17) is 0 Å². The number of benzene rings is 1. The average Bonchev–Trinajstić information content (AvgIpc) is 3.12. The Morgan fingerprint density at radius 2 is 2.35 bits per heavy atom. The highest BCUT2D eigenvalue weighted by Gasteiger charge is 2.08. The van der Waals surface area contributed by atoms with Gasteiger partial charge >= 0.3 is 0 Å². The molecule has 1 amide bonds. The number of aromatic amines is 1. The van der Waals surface area contributed by atoms with Crippen LogP contribution in [0.15, 0.2) is 49.2 Å². The van der Waals surface area contributed by atoms with Gasteiger partial charge in [-0.2, -0.15) is 15.4 Å².